The first-order valence-electron chi connectivity index (χ1n) is 8.24. The zero-order chi connectivity index (χ0) is 18.6. The van der Waals surface area contributed by atoms with Crippen molar-refractivity contribution in [3.8, 4) is 11.5 Å². The fourth-order valence-electron chi connectivity index (χ4n) is 2.59. The Hall–Kier alpha value is -3.32. The van der Waals surface area contributed by atoms with E-state index in [1.807, 2.05) is 6.07 Å². The van der Waals surface area contributed by atoms with Crippen molar-refractivity contribution in [3.05, 3.63) is 65.4 Å². The van der Waals surface area contributed by atoms with Crippen LogP contribution in [0.15, 0.2) is 54.9 Å². The Kier molecular flexibility index (Phi) is 4.76. The van der Waals surface area contributed by atoms with Gasteiger partial charge >= 0.3 is 0 Å². The molecule has 0 aliphatic carbocycles. The van der Waals surface area contributed by atoms with Gasteiger partial charge in [-0.3, -0.25) is 4.79 Å². The maximum Gasteiger partial charge on any atom is 0.255 e. The second kappa shape index (κ2) is 7.51. The maximum absolute atomic E-state index is 12.6. The van der Waals surface area contributed by atoms with Crippen LogP contribution in [0.3, 0.4) is 0 Å². The van der Waals surface area contributed by atoms with E-state index in [0.29, 0.717) is 52.6 Å². The number of ether oxygens (including phenoxy) is 2. The fourth-order valence-corrected chi connectivity index (χ4v) is 2.79. The van der Waals surface area contributed by atoms with Gasteiger partial charge in [0.05, 0.1) is 10.7 Å². The minimum Gasteiger partial charge on any atom is -0.486 e. The first kappa shape index (κ1) is 17.1. The number of nitrogens with zero attached hydrogens (tertiary/aromatic N) is 2. The number of benzene rings is 2. The molecule has 2 aromatic carbocycles. The van der Waals surface area contributed by atoms with Crippen LogP contribution in [0.2, 0.25) is 5.02 Å². The van der Waals surface area contributed by atoms with Crippen molar-refractivity contribution in [2.45, 2.75) is 0 Å². The molecule has 1 aromatic heterocycles. The molecule has 0 bridgehead atoms. The van der Waals surface area contributed by atoms with Gasteiger partial charge < -0.3 is 20.1 Å². The van der Waals surface area contributed by atoms with E-state index < -0.39 is 0 Å². The summed E-state index contributed by atoms with van der Waals surface area (Å²) < 4.78 is 11.0. The number of nitrogens with one attached hydrogen (secondary N) is 2. The van der Waals surface area contributed by atoms with Gasteiger partial charge in [-0.15, -0.1) is 0 Å². The highest BCUT2D eigenvalue weighted by atomic mass is 35.5. The summed E-state index contributed by atoms with van der Waals surface area (Å²) in [4.78, 5) is 20.8. The van der Waals surface area contributed by atoms with Gasteiger partial charge in [0.2, 0.25) is 5.95 Å². The van der Waals surface area contributed by atoms with Crippen LogP contribution in [0, 0.1) is 0 Å². The Morgan fingerprint density at radius 2 is 1.74 bits per heavy atom. The van der Waals surface area contributed by atoms with Gasteiger partial charge in [-0.05, 0) is 24.3 Å². The summed E-state index contributed by atoms with van der Waals surface area (Å²) in [5, 5.41) is 6.23. The molecule has 4 rings (SSSR count). The number of rotatable bonds is 4. The van der Waals surface area contributed by atoms with E-state index in [2.05, 4.69) is 20.6 Å². The molecule has 136 valence electrons. The van der Waals surface area contributed by atoms with Gasteiger partial charge in [0.25, 0.3) is 5.91 Å². The van der Waals surface area contributed by atoms with Crippen LogP contribution in [0.25, 0.3) is 0 Å². The number of anilines is 3. The second-order valence-electron chi connectivity index (χ2n) is 5.71. The quantitative estimate of drug-likeness (QED) is 0.711. The molecule has 1 aliphatic rings. The number of hydrogen-bond donors (Lipinski definition) is 2. The van der Waals surface area contributed by atoms with E-state index in [4.69, 9.17) is 21.1 Å². The number of aromatic nitrogens is 2. The molecule has 8 heteroatoms. The second-order valence-corrected chi connectivity index (χ2v) is 6.12. The largest absolute Gasteiger partial charge is 0.486 e. The highest BCUT2D eigenvalue weighted by Gasteiger charge is 2.17. The maximum atomic E-state index is 12.6. The molecule has 0 saturated carbocycles. The number of carbonyl (C=O) groups is 1. The van der Waals surface area contributed by atoms with Crippen LogP contribution in [0.5, 0.6) is 11.5 Å². The van der Waals surface area contributed by atoms with Crippen LogP contribution in [-0.2, 0) is 0 Å². The molecular weight excluding hydrogens is 368 g/mol. The lowest BCUT2D eigenvalue weighted by atomic mass is 10.1. The van der Waals surface area contributed by atoms with Crippen LogP contribution < -0.4 is 20.1 Å². The van der Waals surface area contributed by atoms with E-state index in [0.717, 1.165) is 0 Å². The van der Waals surface area contributed by atoms with E-state index in [1.165, 1.54) is 0 Å². The minimum absolute atomic E-state index is 0.300. The van der Waals surface area contributed by atoms with Crippen LogP contribution >= 0.6 is 11.6 Å². The van der Waals surface area contributed by atoms with Gasteiger partial charge in [-0.1, -0.05) is 17.7 Å². The third kappa shape index (κ3) is 3.93. The van der Waals surface area contributed by atoms with Crippen LogP contribution in [-0.4, -0.2) is 29.1 Å². The molecule has 2 heterocycles. The summed E-state index contributed by atoms with van der Waals surface area (Å²) in [6, 6.07) is 12.0. The lowest BCUT2D eigenvalue weighted by Crippen LogP contribution is -2.17. The summed E-state index contributed by atoms with van der Waals surface area (Å²) in [5.74, 6) is 1.27. The Morgan fingerprint density at radius 1 is 1.00 bits per heavy atom. The summed E-state index contributed by atoms with van der Waals surface area (Å²) in [6.07, 6.45) is 3.27. The molecule has 7 nitrogen and oxygen atoms in total. The standard InChI is InChI=1S/C19H15ClN4O3/c20-14-10-16-17(27-8-7-26-16)11-15(14)24-18(25)12-3-1-4-13(9-12)23-19-21-5-2-6-22-19/h1-6,9-11H,7-8H2,(H,24,25)(H,21,22,23). The average Bonchev–Trinajstić information content (AvgIpc) is 2.69. The van der Waals surface area contributed by atoms with Crippen molar-refractivity contribution in [2.75, 3.05) is 23.8 Å². The molecule has 0 saturated heterocycles. The van der Waals surface area contributed by atoms with Gasteiger partial charge in [-0.25, -0.2) is 9.97 Å². The Bertz CT molecular complexity index is 982. The molecule has 0 fully saturated rings. The Labute approximate surface area is 160 Å². The molecule has 0 radical (unpaired) electrons. The Balaban J connectivity index is 1.52. The van der Waals surface area contributed by atoms with E-state index in [-0.39, 0.29) is 5.91 Å². The lowest BCUT2D eigenvalue weighted by Gasteiger charge is -2.20. The van der Waals surface area contributed by atoms with Crippen molar-refractivity contribution >= 4 is 34.8 Å². The van der Waals surface area contributed by atoms with Crippen molar-refractivity contribution in [3.63, 3.8) is 0 Å². The zero-order valence-corrected chi connectivity index (χ0v) is 14.9. The van der Waals surface area contributed by atoms with Crippen molar-refractivity contribution in [1.82, 2.24) is 9.97 Å². The SMILES string of the molecule is O=C(Nc1cc2c(cc1Cl)OCCO2)c1cccc(Nc2ncccn2)c1. The predicted molar refractivity (Wildman–Crippen MR) is 102 cm³/mol. The highest BCUT2D eigenvalue weighted by Crippen LogP contribution is 2.38. The monoisotopic (exact) mass is 382 g/mol. The molecule has 1 amide bonds. The van der Waals surface area contributed by atoms with Crippen molar-refractivity contribution in [1.29, 1.82) is 0 Å². The predicted octanol–water partition coefficient (Wildman–Crippen LogP) is 3.90. The molecule has 0 unspecified atom stereocenters. The molecule has 2 N–H and O–H groups in total. The number of amides is 1. The normalized spacial score (nSPS) is 12.3. The molecule has 3 aromatic rings. The lowest BCUT2D eigenvalue weighted by molar-refractivity contribution is 0.102. The van der Waals surface area contributed by atoms with Crippen LogP contribution in [0.1, 0.15) is 10.4 Å². The smallest absolute Gasteiger partial charge is 0.255 e. The van der Waals surface area contributed by atoms with Gasteiger partial charge in [0.1, 0.15) is 13.2 Å². The summed E-state index contributed by atoms with van der Waals surface area (Å²) in [7, 11) is 0. The minimum atomic E-state index is -0.300. The number of halogens is 1. The van der Waals surface area contributed by atoms with Crippen molar-refractivity contribution < 1.29 is 14.3 Å². The number of carbonyl (C=O) groups excluding carboxylic acids is 1. The average molecular weight is 383 g/mol. The molecule has 0 atom stereocenters. The van der Waals surface area contributed by atoms with E-state index in [9.17, 15) is 4.79 Å². The number of fused-ring (bicyclic) bond motifs is 1. The summed E-state index contributed by atoms with van der Waals surface area (Å²) in [6.45, 7) is 0.928. The molecule has 27 heavy (non-hydrogen) atoms. The first-order valence-corrected chi connectivity index (χ1v) is 8.61. The third-order valence-electron chi connectivity index (χ3n) is 3.83. The highest BCUT2D eigenvalue weighted by molar-refractivity contribution is 6.34. The molecule has 0 spiro atoms. The third-order valence-corrected chi connectivity index (χ3v) is 4.14. The van der Waals surface area contributed by atoms with Crippen molar-refractivity contribution in [2.24, 2.45) is 0 Å². The van der Waals surface area contributed by atoms with Crippen LogP contribution in [0.4, 0.5) is 17.3 Å². The zero-order valence-electron chi connectivity index (χ0n) is 14.1. The van der Waals surface area contributed by atoms with Gasteiger partial charge in [0.15, 0.2) is 11.5 Å². The van der Waals surface area contributed by atoms with Gasteiger partial charge in [-0.2, -0.15) is 0 Å². The summed E-state index contributed by atoms with van der Waals surface area (Å²) >= 11 is 6.25. The Morgan fingerprint density at radius 3 is 2.52 bits per heavy atom. The van der Waals surface area contributed by atoms with Gasteiger partial charge in [0, 0.05) is 35.8 Å². The molecular formula is C19H15ClN4O3. The first-order chi connectivity index (χ1) is 13.2. The summed E-state index contributed by atoms with van der Waals surface area (Å²) in [5.41, 5.74) is 1.61. The fraction of sp³-hybridized carbons (Fsp3) is 0.105. The van der Waals surface area contributed by atoms with E-state index >= 15 is 0 Å². The number of hydrogen-bond acceptors (Lipinski definition) is 6. The topological polar surface area (TPSA) is 85.4 Å². The van der Waals surface area contributed by atoms with E-state index in [1.54, 1.807) is 48.8 Å². The molecule has 1 aliphatic heterocycles.